The summed E-state index contributed by atoms with van der Waals surface area (Å²) >= 11 is 6.42. The Morgan fingerprint density at radius 3 is 2.11 bits per heavy atom. The van der Waals surface area contributed by atoms with Crippen molar-refractivity contribution in [2.75, 3.05) is 0 Å². The first-order valence-electron chi connectivity index (χ1n) is 6.66. The van der Waals surface area contributed by atoms with E-state index in [1.165, 1.54) is 17.7 Å². The van der Waals surface area contributed by atoms with Gasteiger partial charge in [-0.2, -0.15) is 0 Å². The van der Waals surface area contributed by atoms with Gasteiger partial charge in [-0.1, -0.05) is 49.7 Å². The molecule has 0 aliphatic rings. The van der Waals surface area contributed by atoms with Crippen molar-refractivity contribution >= 4 is 11.6 Å². The maximum Gasteiger partial charge on any atom is 0.123 e. The number of benzene rings is 2. The molecule has 0 aromatic heterocycles. The lowest BCUT2D eigenvalue weighted by Gasteiger charge is -2.11. The average molecular weight is 277 g/mol. The zero-order valence-corrected chi connectivity index (χ0v) is 11.8. The largest absolute Gasteiger partial charge is 0.207 e. The minimum atomic E-state index is -0.209. The van der Waals surface area contributed by atoms with Crippen molar-refractivity contribution in [2.45, 2.75) is 31.6 Å². The van der Waals surface area contributed by atoms with Crippen molar-refractivity contribution in [1.29, 1.82) is 0 Å². The first-order chi connectivity index (χ1) is 9.19. The highest BCUT2D eigenvalue weighted by atomic mass is 35.5. The van der Waals surface area contributed by atoms with Gasteiger partial charge in [0.2, 0.25) is 0 Å². The van der Waals surface area contributed by atoms with E-state index in [1.807, 2.05) is 0 Å². The summed E-state index contributed by atoms with van der Waals surface area (Å²) in [6, 6.07) is 15.0. The summed E-state index contributed by atoms with van der Waals surface area (Å²) in [4.78, 5) is 0. The highest BCUT2D eigenvalue weighted by Gasteiger charge is 2.09. The molecule has 0 bridgehead atoms. The summed E-state index contributed by atoms with van der Waals surface area (Å²) in [5, 5.41) is -0.0684. The van der Waals surface area contributed by atoms with Crippen LogP contribution < -0.4 is 0 Å². The molecule has 0 radical (unpaired) electrons. The molecule has 2 aromatic rings. The summed E-state index contributed by atoms with van der Waals surface area (Å²) in [7, 11) is 0. The van der Waals surface area contributed by atoms with Gasteiger partial charge in [0, 0.05) is 0 Å². The third kappa shape index (κ3) is 4.07. The summed E-state index contributed by atoms with van der Waals surface area (Å²) in [5.74, 6) is -0.209. The Kier molecular flexibility index (Phi) is 4.98. The van der Waals surface area contributed by atoms with Crippen LogP contribution in [0.15, 0.2) is 48.5 Å². The zero-order chi connectivity index (χ0) is 13.7. The molecule has 0 saturated carbocycles. The van der Waals surface area contributed by atoms with Crippen molar-refractivity contribution < 1.29 is 4.39 Å². The normalized spacial score (nSPS) is 12.4. The Labute approximate surface area is 119 Å². The van der Waals surface area contributed by atoms with Gasteiger partial charge in [-0.25, -0.2) is 4.39 Å². The Bertz CT molecular complexity index is 502. The fourth-order valence-corrected chi connectivity index (χ4v) is 2.45. The Balaban J connectivity index is 2.02. The lowest BCUT2D eigenvalue weighted by atomic mass is 10.0. The Hall–Kier alpha value is -1.34. The van der Waals surface area contributed by atoms with Gasteiger partial charge in [0.15, 0.2) is 0 Å². The number of hydrogen-bond acceptors (Lipinski definition) is 0. The highest BCUT2D eigenvalue weighted by molar-refractivity contribution is 6.20. The van der Waals surface area contributed by atoms with Gasteiger partial charge in [0.1, 0.15) is 5.82 Å². The van der Waals surface area contributed by atoms with Crippen molar-refractivity contribution in [2.24, 2.45) is 0 Å². The molecule has 0 amide bonds. The number of aryl methyl sites for hydroxylation is 1. The molecule has 2 rings (SSSR count). The SMILES string of the molecule is CCCc1ccc(C(Cl)Cc2ccc(F)cc2)cc1. The van der Waals surface area contributed by atoms with Crippen LogP contribution in [-0.4, -0.2) is 0 Å². The predicted molar refractivity (Wildman–Crippen MR) is 79.1 cm³/mol. The third-order valence-corrected chi connectivity index (χ3v) is 3.61. The van der Waals surface area contributed by atoms with Crippen LogP contribution in [0.2, 0.25) is 0 Å². The fraction of sp³-hybridized carbons (Fsp3) is 0.294. The van der Waals surface area contributed by atoms with Crippen molar-refractivity contribution in [3.63, 3.8) is 0 Å². The lowest BCUT2D eigenvalue weighted by molar-refractivity contribution is 0.627. The number of halogens is 2. The van der Waals surface area contributed by atoms with E-state index in [0.717, 1.165) is 30.4 Å². The molecule has 2 aromatic carbocycles. The maximum absolute atomic E-state index is 12.8. The monoisotopic (exact) mass is 276 g/mol. The Morgan fingerprint density at radius 2 is 1.53 bits per heavy atom. The number of alkyl halides is 1. The summed E-state index contributed by atoms with van der Waals surface area (Å²) in [6.07, 6.45) is 2.97. The molecule has 0 N–H and O–H groups in total. The first kappa shape index (κ1) is 14.1. The van der Waals surface area contributed by atoms with Crippen LogP contribution in [0.3, 0.4) is 0 Å². The average Bonchev–Trinajstić information content (AvgIpc) is 2.42. The highest BCUT2D eigenvalue weighted by Crippen LogP contribution is 2.25. The van der Waals surface area contributed by atoms with Crippen LogP contribution in [0.1, 0.15) is 35.4 Å². The van der Waals surface area contributed by atoms with E-state index >= 15 is 0 Å². The zero-order valence-electron chi connectivity index (χ0n) is 11.1. The molecule has 0 aliphatic carbocycles. The predicted octanol–water partition coefficient (Wildman–Crippen LogP) is 5.30. The molecule has 1 unspecified atom stereocenters. The fourth-order valence-electron chi connectivity index (χ4n) is 2.13. The van der Waals surface area contributed by atoms with Crippen molar-refractivity contribution in [3.05, 3.63) is 71.0 Å². The molecule has 0 saturated heterocycles. The smallest absolute Gasteiger partial charge is 0.123 e. The molecule has 0 spiro atoms. The molecule has 0 fully saturated rings. The van der Waals surface area contributed by atoms with E-state index in [0.29, 0.717) is 0 Å². The summed E-state index contributed by atoms with van der Waals surface area (Å²) in [6.45, 7) is 2.17. The van der Waals surface area contributed by atoms with E-state index in [-0.39, 0.29) is 11.2 Å². The molecule has 0 aliphatic heterocycles. The van der Waals surface area contributed by atoms with Crippen LogP contribution in [0, 0.1) is 5.82 Å². The van der Waals surface area contributed by atoms with E-state index in [2.05, 4.69) is 31.2 Å². The van der Waals surface area contributed by atoms with E-state index in [1.54, 1.807) is 12.1 Å². The molecular weight excluding hydrogens is 259 g/mol. The Morgan fingerprint density at radius 1 is 0.947 bits per heavy atom. The summed E-state index contributed by atoms with van der Waals surface area (Å²) in [5.41, 5.74) is 3.52. The molecule has 100 valence electrons. The minimum absolute atomic E-state index is 0.0684. The quantitative estimate of drug-likeness (QED) is 0.650. The van der Waals surface area contributed by atoms with Crippen LogP contribution in [0.5, 0.6) is 0 Å². The molecule has 0 nitrogen and oxygen atoms in total. The standard InChI is InChI=1S/C17H18ClF/c1-2-3-13-4-8-15(9-5-13)17(18)12-14-6-10-16(19)11-7-14/h4-11,17H,2-3,12H2,1H3. The molecule has 19 heavy (non-hydrogen) atoms. The van der Waals surface area contributed by atoms with Gasteiger partial charge in [-0.3, -0.25) is 0 Å². The van der Waals surface area contributed by atoms with Gasteiger partial charge < -0.3 is 0 Å². The third-order valence-electron chi connectivity index (χ3n) is 3.21. The van der Waals surface area contributed by atoms with E-state index < -0.39 is 0 Å². The van der Waals surface area contributed by atoms with Crippen LogP contribution in [0.4, 0.5) is 4.39 Å². The van der Waals surface area contributed by atoms with Gasteiger partial charge in [-0.15, -0.1) is 11.6 Å². The minimum Gasteiger partial charge on any atom is -0.207 e. The topological polar surface area (TPSA) is 0 Å². The van der Waals surface area contributed by atoms with Crippen LogP contribution in [0.25, 0.3) is 0 Å². The van der Waals surface area contributed by atoms with Gasteiger partial charge >= 0.3 is 0 Å². The molecular formula is C17H18ClF. The first-order valence-corrected chi connectivity index (χ1v) is 7.10. The van der Waals surface area contributed by atoms with E-state index in [4.69, 9.17) is 11.6 Å². The molecule has 0 heterocycles. The van der Waals surface area contributed by atoms with Crippen LogP contribution in [-0.2, 0) is 12.8 Å². The maximum atomic E-state index is 12.8. The number of rotatable bonds is 5. The second-order valence-electron chi connectivity index (χ2n) is 4.79. The second-order valence-corrected chi connectivity index (χ2v) is 5.32. The van der Waals surface area contributed by atoms with Gasteiger partial charge in [0.25, 0.3) is 0 Å². The van der Waals surface area contributed by atoms with Gasteiger partial charge in [0.05, 0.1) is 5.38 Å². The van der Waals surface area contributed by atoms with Gasteiger partial charge in [-0.05, 0) is 41.7 Å². The summed E-state index contributed by atoms with van der Waals surface area (Å²) < 4.78 is 12.8. The van der Waals surface area contributed by atoms with Crippen molar-refractivity contribution in [1.82, 2.24) is 0 Å². The lowest BCUT2D eigenvalue weighted by Crippen LogP contribution is -1.96. The molecule has 1 atom stereocenters. The number of hydrogen-bond donors (Lipinski definition) is 0. The second kappa shape index (κ2) is 6.72. The molecule has 2 heteroatoms. The van der Waals surface area contributed by atoms with Crippen molar-refractivity contribution in [3.8, 4) is 0 Å². The van der Waals surface area contributed by atoms with E-state index in [9.17, 15) is 4.39 Å². The van der Waals surface area contributed by atoms with Crippen LogP contribution >= 0.6 is 11.6 Å².